The molecule has 0 amide bonds. The Morgan fingerprint density at radius 3 is 2.51 bits per heavy atom. The molecule has 0 aliphatic carbocycles. The number of nitrogens with zero attached hydrogens (tertiary/aromatic N) is 3. The van der Waals surface area contributed by atoms with E-state index in [9.17, 15) is 0 Å². The van der Waals surface area contributed by atoms with Crippen molar-refractivity contribution in [2.45, 2.75) is 52.5 Å². The quantitative estimate of drug-likeness (QED) is 0.169. The maximum Gasteiger partial charge on any atom is 0.122 e. The molecule has 212 valence electrons. The standard InChI is InChI=1S/C34H30N3O2S.Pt/c1-33(2,3)21-13-14-35-25(17-21)24-19-27(31-30-29-26(39-31)11-8-12-28(29)40-32(24)30)38-23-10-7-9-22(18-23)36-15-16-37(20-36)34(4,5)6;/h7-17,20H,1-6H3;/q-3;. The summed E-state index contributed by atoms with van der Waals surface area (Å²) in [5, 5.41) is 2.19. The van der Waals surface area contributed by atoms with E-state index < -0.39 is 0 Å². The largest absolute Gasteiger partial charge is 0.504 e. The molecule has 0 atom stereocenters. The molecular weight excluding hydrogens is 710 g/mol. The number of furan rings is 1. The van der Waals surface area contributed by atoms with Crippen LogP contribution in [0.1, 0.15) is 47.1 Å². The molecule has 0 fully saturated rings. The molecule has 0 spiro atoms. The van der Waals surface area contributed by atoms with Crippen molar-refractivity contribution in [3.8, 4) is 22.8 Å². The zero-order chi connectivity index (χ0) is 27.8. The van der Waals surface area contributed by atoms with Gasteiger partial charge >= 0.3 is 0 Å². The summed E-state index contributed by atoms with van der Waals surface area (Å²) in [6, 6.07) is 23.4. The van der Waals surface area contributed by atoms with E-state index in [0.717, 1.165) is 38.0 Å². The number of pyridine rings is 1. The minimum Gasteiger partial charge on any atom is -0.504 e. The predicted octanol–water partition coefficient (Wildman–Crippen LogP) is 9.50. The average molecular weight is 740 g/mol. The van der Waals surface area contributed by atoms with Crippen LogP contribution in [0.25, 0.3) is 42.6 Å². The number of benzene rings is 3. The maximum atomic E-state index is 6.53. The number of anilines is 1. The number of hydrogen-bond acceptors (Lipinski definition) is 6. The van der Waals surface area contributed by atoms with Crippen LogP contribution in [-0.4, -0.2) is 15.4 Å². The van der Waals surface area contributed by atoms with Crippen LogP contribution in [0, 0.1) is 18.8 Å². The van der Waals surface area contributed by atoms with Crippen LogP contribution in [0.15, 0.2) is 71.5 Å². The van der Waals surface area contributed by atoms with E-state index in [0.29, 0.717) is 17.1 Å². The third-order valence-electron chi connectivity index (χ3n) is 7.32. The van der Waals surface area contributed by atoms with Gasteiger partial charge in [-0.3, -0.25) is 0 Å². The molecule has 7 rings (SSSR count). The molecule has 0 saturated carbocycles. The fraction of sp³-hybridized carbons (Fsp3) is 0.235. The Hall–Kier alpha value is -3.34. The molecule has 0 bridgehead atoms. The molecule has 4 heterocycles. The van der Waals surface area contributed by atoms with Crippen molar-refractivity contribution < 1.29 is 30.2 Å². The number of aromatic nitrogens is 1. The van der Waals surface area contributed by atoms with Crippen LogP contribution in [0.4, 0.5) is 5.69 Å². The van der Waals surface area contributed by atoms with Gasteiger partial charge in [0.15, 0.2) is 0 Å². The topological polar surface area (TPSA) is 41.7 Å². The normalized spacial score (nSPS) is 14.1. The zero-order valence-electron chi connectivity index (χ0n) is 23.8. The van der Waals surface area contributed by atoms with E-state index >= 15 is 0 Å². The molecule has 6 aromatic rings. The Morgan fingerprint density at radius 1 is 0.951 bits per heavy atom. The molecule has 0 N–H and O–H groups in total. The molecule has 1 aliphatic rings. The third kappa shape index (κ3) is 4.81. The van der Waals surface area contributed by atoms with Crippen molar-refractivity contribution in [3.63, 3.8) is 0 Å². The zero-order valence-corrected chi connectivity index (χ0v) is 26.9. The number of ether oxygens (including phenoxy) is 1. The van der Waals surface area contributed by atoms with Crippen LogP contribution in [0.2, 0.25) is 0 Å². The SMILES string of the molecule is CC(C)(C)c1ccnc(-c2[c-]c(Oc3[c-]c(N4C=CN(C(C)(C)C)[CH-]4)ccc3)c3oc4cccc5sc2c3c45)c1.[Pt]. The third-order valence-corrected chi connectivity index (χ3v) is 8.50. The smallest absolute Gasteiger partial charge is 0.122 e. The van der Waals surface area contributed by atoms with Crippen LogP contribution in [0.3, 0.4) is 0 Å². The first kappa shape index (κ1) is 27.8. The molecule has 3 aromatic heterocycles. The molecule has 5 nitrogen and oxygen atoms in total. The van der Waals surface area contributed by atoms with Gasteiger partial charge in [0.25, 0.3) is 0 Å². The molecule has 0 radical (unpaired) electrons. The second-order valence-corrected chi connectivity index (χ2v) is 13.3. The number of thiophene rings is 1. The minimum absolute atomic E-state index is 0. The molecule has 0 unspecified atom stereocenters. The first-order valence-corrected chi connectivity index (χ1v) is 14.3. The fourth-order valence-electron chi connectivity index (χ4n) is 5.08. The summed E-state index contributed by atoms with van der Waals surface area (Å²) in [5.41, 5.74) is 5.44. The Labute approximate surface area is 259 Å². The van der Waals surface area contributed by atoms with Gasteiger partial charge in [-0.2, -0.15) is 24.1 Å². The van der Waals surface area contributed by atoms with Crippen molar-refractivity contribution >= 4 is 48.4 Å². The van der Waals surface area contributed by atoms with Crippen LogP contribution < -0.4 is 9.64 Å². The van der Waals surface area contributed by atoms with Gasteiger partial charge in [-0.05, 0) is 78.1 Å². The second-order valence-electron chi connectivity index (χ2n) is 12.3. The van der Waals surface area contributed by atoms with Crippen LogP contribution in [0.5, 0.6) is 11.5 Å². The fourth-order valence-corrected chi connectivity index (χ4v) is 6.30. The van der Waals surface area contributed by atoms with Crippen molar-refractivity contribution in [1.82, 2.24) is 9.88 Å². The van der Waals surface area contributed by atoms with E-state index in [1.54, 1.807) is 11.3 Å². The minimum atomic E-state index is -0.0131. The molecule has 1 aliphatic heterocycles. The van der Waals surface area contributed by atoms with Gasteiger partial charge in [-0.1, -0.05) is 39.0 Å². The van der Waals surface area contributed by atoms with E-state index in [1.807, 2.05) is 47.6 Å². The summed E-state index contributed by atoms with van der Waals surface area (Å²) in [6.45, 7) is 15.3. The Balaban J connectivity index is 0.00000302. The maximum absolute atomic E-state index is 6.53. The molecular formula is C34H30N3O2PtS-3. The van der Waals surface area contributed by atoms with Crippen molar-refractivity contribution in [2.75, 3.05) is 4.90 Å². The van der Waals surface area contributed by atoms with E-state index in [4.69, 9.17) is 14.1 Å². The number of rotatable bonds is 4. The first-order valence-electron chi connectivity index (χ1n) is 13.5. The van der Waals surface area contributed by atoms with Crippen molar-refractivity contribution in [1.29, 1.82) is 0 Å². The van der Waals surface area contributed by atoms with Crippen LogP contribution in [-0.2, 0) is 26.5 Å². The predicted molar refractivity (Wildman–Crippen MR) is 164 cm³/mol. The second kappa shape index (κ2) is 9.89. The summed E-state index contributed by atoms with van der Waals surface area (Å²) in [6.07, 6.45) is 5.99. The van der Waals surface area contributed by atoms with E-state index in [-0.39, 0.29) is 32.0 Å². The Kier molecular flexibility index (Phi) is 6.71. The monoisotopic (exact) mass is 739 g/mol. The van der Waals surface area contributed by atoms with Gasteiger partial charge in [0.2, 0.25) is 0 Å². The molecule has 3 aromatic carbocycles. The summed E-state index contributed by atoms with van der Waals surface area (Å²) in [4.78, 5) is 9.00. The van der Waals surface area contributed by atoms with Gasteiger partial charge < -0.3 is 23.9 Å². The van der Waals surface area contributed by atoms with E-state index in [2.05, 4.69) is 89.6 Å². The molecule has 7 heteroatoms. The van der Waals surface area contributed by atoms with Crippen molar-refractivity contribution in [3.05, 3.63) is 91.5 Å². The first-order chi connectivity index (χ1) is 19.1. The van der Waals surface area contributed by atoms with Gasteiger partial charge in [0.05, 0.1) is 11.3 Å². The summed E-state index contributed by atoms with van der Waals surface area (Å²) in [5.74, 6) is 1.13. The molecule has 41 heavy (non-hydrogen) atoms. The molecule has 0 saturated heterocycles. The Morgan fingerprint density at radius 2 is 1.76 bits per heavy atom. The van der Waals surface area contributed by atoms with E-state index in [1.165, 1.54) is 10.3 Å². The van der Waals surface area contributed by atoms with Gasteiger partial charge in [-0.25, -0.2) is 0 Å². The Bertz CT molecular complexity index is 1910. The van der Waals surface area contributed by atoms with Gasteiger partial charge in [-0.15, -0.1) is 29.4 Å². The van der Waals surface area contributed by atoms with Gasteiger partial charge in [0.1, 0.15) is 5.58 Å². The van der Waals surface area contributed by atoms with Gasteiger partial charge in [0, 0.05) is 48.6 Å². The van der Waals surface area contributed by atoms with Crippen molar-refractivity contribution in [2.24, 2.45) is 0 Å². The average Bonchev–Trinajstić information content (AvgIpc) is 3.65. The van der Waals surface area contributed by atoms with Crippen LogP contribution >= 0.6 is 11.3 Å². The summed E-state index contributed by atoms with van der Waals surface area (Å²) >= 11 is 1.75. The summed E-state index contributed by atoms with van der Waals surface area (Å²) in [7, 11) is 0. The summed E-state index contributed by atoms with van der Waals surface area (Å²) < 4.78 is 15.2. The number of hydrogen-bond donors (Lipinski definition) is 0.